The first-order valence-electron chi connectivity index (χ1n) is 6.06. The van der Waals surface area contributed by atoms with Crippen LogP contribution in [-0.4, -0.2) is 18.6 Å². The van der Waals surface area contributed by atoms with E-state index < -0.39 is 0 Å². The van der Waals surface area contributed by atoms with Crippen LogP contribution in [-0.2, 0) is 4.79 Å². The molecule has 1 unspecified atom stereocenters. The maximum absolute atomic E-state index is 11.6. The second-order valence-electron chi connectivity index (χ2n) is 4.65. The van der Waals surface area contributed by atoms with Gasteiger partial charge in [-0.2, -0.15) is 5.26 Å². The van der Waals surface area contributed by atoms with Gasteiger partial charge in [0.2, 0.25) is 0 Å². The molecule has 1 aromatic carbocycles. The molecule has 0 heterocycles. The molecule has 0 aliphatic rings. The lowest BCUT2D eigenvalue weighted by atomic mass is 10.1. The van der Waals surface area contributed by atoms with Gasteiger partial charge in [-0.15, -0.1) is 0 Å². The number of carbonyl (C=O) groups excluding carboxylic acids is 1. The number of ether oxygens (including phenoxy) is 1. The van der Waals surface area contributed by atoms with E-state index in [9.17, 15) is 4.79 Å². The number of carbonyl (C=O) groups is 1. The standard InChI is InChI=1S/C14H17ClN2O2/c1-9(2)10(3)17-14(18)8-19-13-5-4-11(7-16)6-12(13)15/h4-6,9-10H,8H2,1-3H3,(H,17,18). The van der Waals surface area contributed by atoms with Crippen molar-refractivity contribution in [1.29, 1.82) is 5.26 Å². The Morgan fingerprint density at radius 2 is 2.16 bits per heavy atom. The van der Waals surface area contributed by atoms with Crippen LogP contribution >= 0.6 is 11.6 Å². The highest BCUT2D eigenvalue weighted by Crippen LogP contribution is 2.25. The van der Waals surface area contributed by atoms with Gasteiger partial charge in [0.15, 0.2) is 6.61 Å². The van der Waals surface area contributed by atoms with Crippen LogP contribution in [0.4, 0.5) is 0 Å². The van der Waals surface area contributed by atoms with Crippen LogP contribution in [0.25, 0.3) is 0 Å². The first-order valence-corrected chi connectivity index (χ1v) is 6.43. The van der Waals surface area contributed by atoms with Gasteiger partial charge in [0, 0.05) is 6.04 Å². The van der Waals surface area contributed by atoms with E-state index in [-0.39, 0.29) is 18.6 Å². The van der Waals surface area contributed by atoms with Gasteiger partial charge in [-0.3, -0.25) is 4.79 Å². The summed E-state index contributed by atoms with van der Waals surface area (Å²) in [7, 11) is 0. The van der Waals surface area contributed by atoms with Gasteiger partial charge >= 0.3 is 0 Å². The summed E-state index contributed by atoms with van der Waals surface area (Å²) in [6.45, 7) is 5.91. The van der Waals surface area contributed by atoms with Crippen molar-refractivity contribution < 1.29 is 9.53 Å². The number of hydrogen-bond acceptors (Lipinski definition) is 3. The molecule has 0 aliphatic heterocycles. The lowest BCUT2D eigenvalue weighted by Gasteiger charge is -2.17. The van der Waals surface area contributed by atoms with E-state index in [1.165, 1.54) is 6.07 Å². The molecule has 0 aliphatic carbocycles. The number of rotatable bonds is 5. The Labute approximate surface area is 118 Å². The molecule has 1 atom stereocenters. The van der Waals surface area contributed by atoms with Gasteiger partial charge in [-0.05, 0) is 31.0 Å². The molecule has 1 amide bonds. The van der Waals surface area contributed by atoms with Crippen molar-refractivity contribution in [3.8, 4) is 11.8 Å². The van der Waals surface area contributed by atoms with E-state index in [4.69, 9.17) is 21.6 Å². The molecule has 0 saturated heterocycles. The van der Waals surface area contributed by atoms with Crippen LogP contribution in [0.5, 0.6) is 5.75 Å². The quantitative estimate of drug-likeness (QED) is 0.902. The lowest BCUT2D eigenvalue weighted by Crippen LogP contribution is -2.38. The minimum absolute atomic E-state index is 0.0903. The smallest absolute Gasteiger partial charge is 0.258 e. The van der Waals surface area contributed by atoms with Crippen LogP contribution in [0, 0.1) is 17.2 Å². The zero-order valence-electron chi connectivity index (χ0n) is 11.2. The highest BCUT2D eigenvalue weighted by atomic mass is 35.5. The SMILES string of the molecule is CC(C)C(C)NC(=O)COc1ccc(C#N)cc1Cl. The van der Waals surface area contributed by atoms with Crippen LogP contribution in [0.15, 0.2) is 18.2 Å². The number of nitrogens with zero attached hydrogens (tertiary/aromatic N) is 1. The Kier molecular flexibility index (Phi) is 5.65. The third-order valence-corrected chi connectivity index (χ3v) is 3.10. The lowest BCUT2D eigenvalue weighted by molar-refractivity contribution is -0.123. The molecule has 1 rings (SSSR count). The Bertz CT molecular complexity index is 495. The number of nitrogens with one attached hydrogen (secondary N) is 1. The average molecular weight is 281 g/mol. The first kappa shape index (κ1) is 15.3. The molecule has 4 nitrogen and oxygen atoms in total. The molecule has 0 fully saturated rings. The van der Waals surface area contributed by atoms with Crippen molar-refractivity contribution in [3.05, 3.63) is 28.8 Å². The van der Waals surface area contributed by atoms with Crippen molar-refractivity contribution >= 4 is 17.5 Å². The molecule has 0 bridgehead atoms. The highest BCUT2D eigenvalue weighted by molar-refractivity contribution is 6.32. The Morgan fingerprint density at radius 1 is 1.47 bits per heavy atom. The normalized spacial score (nSPS) is 11.8. The van der Waals surface area contributed by atoms with Crippen molar-refractivity contribution in [2.75, 3.05) is 6.61 Å². The highest BCUT2D eigenvalue weighted by Gasteiger charge is 2.12. The van der Waals surface area contributed by atoms with Crippen molar-refractivity contribution in [2.24, 2.45) is 5.92 Å². The van der Waals surface area contributed by atoms with E-state index in [2.05, 4.69) is 5.32 Å². The van der Waals surface area contributed by atoms with E-state index in [1.54, 1.807) is 12.1 Å². The summed E-state index contributed by atoms with van der Waals surface area (Å²) >= 11 is 5.94. The zero-order valence-corrected chi connectivity index (χ0v) is 12.0. The summed E-state index contributed by atoms with van der Waals surface area (Å²) < 4.78 is 5.33. The Hall–Kier alpha value is -1.73. The zero-order chi connectivity index (χ0) is 14.4. The summed E-state index contributed by atoms with van der Waals surface area (Å²) in [5.74, 6) is 0.567. The summed E-state index contributed by atoms with van der Waals surface area (Å²) in [5, 5.41) is 11.9. The number of hydrogen-bond donors (Lipinski definition) is 1. The minimum atomic E-state index is -0.193. The molecular weight excluding hydrogens is 264 g/mol. The fraction of sp³-hybridized carbons (Fsp3) is 0.429. The number of amides is 1. The molecule has 1 N–H and O–H groups in total. The summed E-state index contributed by atoms with van der Waals surface area (Å²) in [4.78, 5) is 11.6. The third-order valence-electron chi connectivity index (χ3n) is 2.81. The van der Waals surface area contributed by atoms with Crippen molar-refractivity contribution in [2.45, 2.75) is 26.8 Å². The fourth-order valence-corrected chi connectivity index (χ4v) is 1.53. The summed E-state index contributed by atoms with van der Waals surface area (Å²) in [5.41, 5.74) is 0.454. The van der Waals surface area contributed by atoms with Gasteiger partial charge in [0.1, 0.15) is 5.75 Å². The van der Waals surface area contributed by atoms with Gasteiger partial charge in [-0.25, -0.2) is 0 Å². The molecule has 102 valence electrons. The third kappa shape index (κ3) is 4.80. The molecule has 0 aromatic heterocycles. The largest absolute Gasteiger partial charge is 0.482 e. The van der Waals surface area contributed by atoms with E-state index in [0.717, 1.165) is 0 Å². The van der Waals surface area contributed by atoms with Crippen LogP contribution < -0.4 is 10.1 Å². The Morgan fingerprint density at radius 3 is 2.68 bits per heavy atom. The molecule has 19 heavy (non-hydrogen) atoms. The van der Waals surface area contributed by atoms with Crippen molar-refractivity contribution in [3.63, 3.8) is 0 Å². The number of nitriles is 1. The predicted molar refractivity (Wildman–Crippen MR) is 74.1 cm³/mol. The van der Waals surface area contributed by atoms with Gasteiger partial charge in [-0.1, -0.05) is 25.4 Å². The molecule has 1 aromatic rings. The summed E-state index contributed by atoms with van der Waals surface area (Å²) in [6, 6.07) is 6.75. The second-order valence-corrected chi connectivity index (χ2v) is 5.05. The maximum Gasteiger partial charge on any atom is 0.258 e. The van der Waals surface area contributed by atoms with E-state index >= 15 is 0 Å². The van der Waals surface area contributed by atoms with Crippen LogP contribution in [0.1, 0.15) is 26.3 Å². The second kappa shape index (κ2) is 7.01. The van der Waals surface area contributed by atoms with E-state index in [0.29, 0.717) is 22.3 Å². The molecule has 0 radical (unpaired) electrons. The van der Waals surface area contributed by atoms with Crippen molar-refractivity contribution in [1.82, 2.24) is 5.32 Å². The van der Waals surface area contributed by atoms with E-state index in [1.807, 2.05) is 26.8 Å². The molecule has 5 heteroatoms. The van der Waals surface area contributed by atoms with Gasteiger partial charge in [0.05, 0.1) is 16.7 Å². The topological polar surface area (TPSA) is 62.1 Å². The predicted octanol–water partition coefficient (Wildman–Crippen LogP) is 2.75. The molecule has 0 spiro atoms. The van der Waals surface area contributed by atoms with Gasteiger partial charge < -0.3 is 10.1 Å². The Balaban J connectivity index is 2.53. The van der Waals surface area contributed by atoms with Crippen LogP contribution in [0.3, 0.4) is 0 Å². The fourth-order valence-electron chi connectivity index (χ4n) is 1.29. The summed E-state index contributed by atoms with van der Waals surface area (Å²) in [6.07, 6.45) is 0. The van der Waals surface area contributed by atoms with Gasteiger partial charge in [0.25, 0.3) is 5.91 Å². The monoisotopic (exact) mass is 280 g/mol. The molecule has 0 saturated carbocycles. The maximum atomic E-state index is 11.6. The number of benzene rings is 1. The molecular formula is C14H17ClN2O2. The first-order chi connectivity index (χ1) is 8.93. The van der Waals surface area contributed by atoms with Crippen LogP contribution in [0.2, 0.25) is 5.02 Å². The number of halogens is 1. The average Bonchev–Trinajstić information content (AvgIpc) is 2.36. The minimum Gasteiger partial charge on any atom is -0.482 e.